The highest BCUT2D eigenvalue weighted by Gasteiger charge is 2.28. The Morgan fingerprint density at radius 3 is 2.17 bits per heavy atom. The first-order valence-corrected chi connectivity index (χ1v) is 6.26. The van der Waals surface area contributed by atoms with Crippen molar-refractivity contribution < 1.29 is 0 Å². The van der Waals surface area contributed by atoms with E-state index in [4.69, 9.17) is 10.7 Å². The first-order chi connectivity index (χ1) is 8.12. The molecule has 0 aliphatic heterocycles. The van der Waals surface area contributed by atoms with E-state index in [0.717, 1.165) is 17.0 Å². The van der Waals surface area contributed by atoms with Gasteiger partial charge >= 0.3 is 0 Å². The van der Waals surface area contributed by atoms with Gasteiger partial charge in [-0.2, -0.15) is 0 Å². The number of fused-ring (bicyclic) bond motifs is 1. The van der Waals surface area contributed by atoms with Gasteiger partial charge in [-0.15, -0.1) is 0 Å². The molecule has 0 saturated heterocycles. The van der Waals surface area contributed by atoms with Crippen LogP contribution in [0.3, 0.4) is 0 Å². The van der Waals surface area contributed by atoms with Gasteiger partial charge in [-0.25, -0.2) is 9.97 Å². The third-order valence-corrected chi connectivity index (χ3v) is 2.96. The number of rotatable bonds is 0. The second-order valence-electron chi connectivity index (χ2n) is 6.82. The molecule has 0 saturated carbocycles. The highest BCUT2D eigenvalue weighted by Crippen LogP contribution is 2.32. The molecule has 2 N–H and O–H groups in total. The molecule has 0 radical (unpaired) electrons. The summed E-state index contributed by atoms with van der Waals surface area (Å²) in [6.45, 7) is 12.9. The molecular weight excluding hydrogens is 224 g/mol. The summed E-state index contributed by atoms with van der Waals surface area (Å²) in [5, 5.41) is 0. The molecule has 18 heavy (non-hydrogen) atoms. The van der Waals surface area contributed by atoms with Gasteiger partial charge in [0.2, 0.25) is 0 Å². The van der Waals surface area contributed by atoms with Crippen molar-refractivity contribution >= 4 is 11.3 Å². The molecule has 0 aromatic carbocycles. The van der Waals surface area contributed by atoms with Crippen LogP contribution in [0.4, 0.5) is 5.82 Å². The van der Waals surface area contributed by atoms with Gasteiger partial charge in [0.05, 0.1) is 5.69 Å². The van der Waals surface area contributed by atoms with Gasteiger partial charge in [-0.3, -0.25) is 4.40 Å². The fraction of sp³-hybridized carbons (Fsp3) is 0.571. The molecule has 0 fully saturated rings. The van der Waals surface area contributed by atoms with E-state index < -0.39 is 0 Å². The van der Waals surface area contributed by atoms with E-state index in [9.17, 15) is 0 Å². The minimum Gasteiger partial charge on any atom is -0.382 e. The Balaban J connectivity index is 2.89. The van der Waals surface area contributed by atoms with Gasteiger partial charge in [0.1, 0.15) is 17.2 Å². The van der Waals surface area contributed by atoms with Gasteiger partial charge in [0.25, 0.3) is 0 Å². The van der Waals surface area contributed by atoms with Crippen molar-refractivity contribution in [3.05, 3.63) is 23.9 Å². The Morgan fingerprint density at radius 1 is 1.06 bits per heavy atom. The monoisotopic (exact) mass is 246 g/mol. The lowest BCUT2D eigenvalue weighted by atomic mass is 9.91. The number of nitrogens with two attached hydrogens (primary N) is 1. The number of nitrogen functional groups attached to an aromatic ring is 1. The van der Waals surface area contributed by atoms with Crippen molar-refractivity contribution in [1.29, 1.82) is 0 Å². The molecule has 0 amide bonds. The number of nitrogens with zero attached hydrogens (tertiary/aromatic N) is 3. The predicted molar refractivity (Wildman–Crippen MR) is 74.8 cm³/mol. The third-order valence-electron chi connectivity index (χ3n) is 2.96. The van der Waals surface area contributed by atoms with E-state index in [-0.39, 0.29) is 10.8 Å². The van der Waals surface area contributed by atoms with Crippen molar-refractivity contribution in [3.63, 3.8) is 0 Å². The van der Waals surface area contributed by atoms with E-state index in [2.05, 4.69) is 50.9 Å². The number of imidazole rings is 1. The Hall–Kier alpha value is -1.58. The van der Waals surface area contributed by atoms with Crippen LogP contribution in [0.2, 0.25) is 0 Å². The summed E-state index contributed by atoms with van der Waals surface area (Å²) in [6, 6.07) is 0. The second-order valence-corrected chi connectivity index (χ2v) is 6.82. The number of hydrogen-bond donors (Lipinski definition) is 1. The fourth-order valence-electron chi connectivity index (χ4n) is 2.12. The maximum Gasteiger partial charge on any atom is 0.149 e. The van der Waals surface area contributed by atoms with Crippen LogP contribution in [0.15, 0.2) is 12.4 Å². The fourth-order valence-corrected chi connectivity index (χ4v) is 2.12. The molecule has 2 rings (SSSR count). The minimum absolute atomic E-state index is 0.0276. The summed E-state index contributed by atoms with van der Waals surface area (Å²) in [5.41, 5.74) is 7.91. The molecule has 0 unspecified atom stereocenters. The highest BCUT2D eigenvalue weighted by atomic mass is 15.1. The summed E-state index contributed by atoms with van der Waals surface area (Å²) >= 11 is 0. The van der Waals surface area contributed by atoms with Crippen LogP contribution >= 0.6 is 0 Å². The number of anilines is 1. The first-order valence-electron chi connectivity index (χ1n) is 6.26. The highest BCUT2D eigenvalue weighted by molar-refractivity contribution is 5.70. The Labute approximate surface area is 108 Å². The summed E-state index contributed by atoms with van der Waals surface area (Å²) in [5.74, 6) is 1.57. The van der Waals surface area contributed by atoms with Gasteiger partial charge in [0, 0.05) is 23.2 Å². The molecule has 4 nitrogen and oxygen atoms in total. The molecule has 98 valence electrons. The van der Waals surface area contributed by atoms with Gasteiger partial charge in [-0.1, -0.05) is 41.5 Å². The smallest absolute Gasteiger partial charge is 0.149 e. The lowest BCUT2D eigenvalue weighted by molar-refractivity contribution is 0.529. The van der Waals surface area contributed by atoms with Crippen molar-refractivity contribution in [1.82, 2.24) is 14.4 Å². The van der Waals surface area contributed by atoms with Crippen LogP contribution in [-0.4, -0.2) is 14.4 Å². The maximum atomic E-state index is 6.04. The molecule has 2 aromatic heterocycles. The first kappa shape index (κ1) is 12.9. The SMILES string of the molecule is CC(C)(C)c1nc(C(C)(C)C)n2ccnc(N)c12. The van der Waals surface area contributed by atoms with Crippen LogP contribution in [0, 0.1) is 0 Å². The van der Waals surface area contributed by atoms with E-state index in [1.807, 2.05) is 6.20 Å². The molecule has 0 atom stereocenters. The topological polar surface area (TPSA) is 56.2 Å². The summed E-state index contributed by atoms with van der Waals surface area (Å²) in [7, 11) is 0. The van der Waals surface area contributed by atoms with Crippen LogP contribution in [-0.2, 0) is 10.8 Å². The van der Waals surface area contributed by atoms with E-state index >= 15 is 0 Å². The Morgan fingerprint density at radius 2 is 1.67 bits per heavy atom. The molecule has 0 spiro atoms. The molecule has 0 aliphatic carbocycles. The van der Waals surface area contributed by atoms with Crippen molar-refractivity contribution in [3.8, 4) is 0 Å². The summed E-state index contributed by atoms with van der Waals surface area (Å²) < 4.78 is 2.07. The van der Waals surface area contributed by atoms with E-state index in [1.54, 1.807) is 6.20 Å². The Kier molecular flexibility index (Phi) is 2.65. The van der Waals surface area contributed by atoms with Crippen LogP contribution in [0.1, 0.15) is 53.1 Å². The van der Waals surface area contributed by atoms with Crippen LogP contribution in [0.25, 0.3) is 5.52 Å². The molecule has 0 bridgehead atoms. The zero-order valence-corrected chi connectivity index (χ0v) is 12.1. The number of aromatic nitrogens is 3. The standard InChI is InChI=1S/C14H22N4/c1-13(2,3)10-9-11(15)16-7-8-18(9)12(17-10)14(4,5)6/h7-8H,1-6H3,(H2,15,16). The van der Waals surface area contributed by atoms with Gasteiger partial charge in [0.15, 0.2) is 0 Å². The quantitative estimate of drug-likeness (QED) is 0.777. The van der Waals surface area contributed by atoms with Crippen molar-refractivity contribution in [2.75, 3.05) is 5.73 Å². The Bertz CT molecular complexity index is 582. The van der Waals surface area contributed by atoms with Gasteiger partial charge in [-0.05, 0) is 0 Å². The maximum absolute atomic E-state index is 6.04. The van der Waals surface area contributed by atoms with E-state index in [0.29, 0.717) is 5.82 Å². The van der Waals surface area contributed by atoms with Crippen LogP contribution < -0.4 is 5.73 Å². The van der Waals surface area contributed by atoms with Crippen molar-refractivity contribution in [2.24, 2.45) is 0 Å². The lowest BCUT2D eigenvalue weighted by Gasteiger charge is -2.17. The second kappa shape index (κ2) is 3.70. The molecule has 2 heterocycles. The average Bonchev–Trinajstić information content (AvgIpc) is 2.56. The van der Waals surface area contributed by atoms with Gasteiger partial charge < -0.3 is 5.73 Å². The average molecular weight is 246 g/mol. The molecule has 4 heteroatoms. The normalized spacial score (nSPS) is 13.2. The summed E-state index contributed by atoms with van der Waals surface area (Å²) in [6.07, 6.45) is 3.67. The number of hydrogen-bond acceptors (Lipinski definition) is 3. The molecule has 0 aliphatic rings. The largest absolute Gasteiger partial charge is 0.382 e. The van der Waals surface area contributed by atoms with Crippen molar-refractivity contribution in [2.45, 2.75) is 52.4 Å². The molecule has 2 aromatic rings. The molecular formula is C14H22N4. The minimum atomic E-state index is -0.0497. The predicted octanol–water partition coefficient (Wildman–Crippen LogP) is 2.91. The third kappa shape index (κ3) is 1.96. The zero-order chi connectivity index (χ0) is 13.7. The lowest BCUT2D eigenvalue weighted by Crippen LogP contribution is -2.17. The van der Waals surface area contributed by atoms with Crippen LogP contribution in [0.5, 0.6) is 0 Å². The van der Waals surface area contributed by atoms with E-state index in [1.165, 1.54) is 0 Å². The zero-order valence-electron chi connectivity index (χ0n) is 12.1. The summed E-state index contributed by atoms with van der Waals surface area (Å²) in [4.78, 5) is 9.03.